The molecule has 1 nitrogen and oxygen atoms in total. The third-order valence-corrected chi connectivity index (χ3v) is 3.13. The number of hydrogen-bond donors (Lipinski definition) is 1. The zero-order valence-corrected chi connectivity index (χ0v) is 11.1. The fraction of sp³-hybridized carbons (Fsp3) is 0.600. The first-order chi connectivity index (χ1) is 7.59. The van der Waals surface area contributed by atoms with Crippen LogP contribution in [0.3, 0.4) is 0 Å². The van der Waals surface area contributed by atoms with Crippen molar-refractivity contribution in [2.45, 2.75) is 59.0 Å². The summed E-state index contributed by atoms with van der Waals surface area (Å²) in [4.78, 5) is 0. The average Bonchev–Trinajstić information content (AvgIpc) is 2.27. The van der Waals surface area contributed by atoms with Crippen molar-refractivity contribution in [3.8, 4) is 0 Å². The highest BCUT2D eigenvalue weighted by atomic mass is 14.9. The highest BCUT2D eigenvalue weighted by Gasteiger charge is 2.15. The van der Waals surface area contributed by atoms with Gasteiger partial charge >= 0.3 is 0 Å². The van der Waals surface area contributed by atoms with E-state index in [-0.39, 0.29) is 5.54 Å². The fourth-order valence-electron chi connectivity index (χ4n) is 2.12. The van der Waals surface area contributed by atoms with Crippen LogP contribution >= 0.6 is 0 Å². The van der Waals surface area contributed by atoms with Gasteiger partial charge in [-0.25, -0.2) is 0 Å². The van der Waals surface area contributed by atoms with Gasteiger partial charge in [0.1, 0.15) is 0 Å². The molecular weight excluding hydrogens is 194 g/mol. The third kappa shape index (κ3) is 3.97. The smallest absolute Gasteiger partial charge is 0.0213 e. The minimum atomic E-state index is 0.246. The molecule has 1 rings (SSSR count). The van der Waals surface area contributed by atoms with Crippen LogP contribution in [0.5, 0.6) is 0 Å². The summed E-state index contributed by atoms with van der Waals surface area (Å²) in [6.45, 7) is 10.0. The normalized spacial score (nSPS) is 11.8. The Morgan fingerprint density at radius 2 is 1.69 bits per heavy atom. The van der Waals surface area contributed by atoms with E-state index >= 15 is 0 Å². The summed E-state index contributed by atoms with van der Waals surface area (Å²) in [7, 11) is 0. The van der Waals surface area contributed by atoms with Gasteiger partial charge in [-0.1, -0.05) is 44.5 Å². The van der Waals surface area contributed by atoms with Crippen molar-refractivity contribution < 1.29 is 0 Å². The van der Waals surface area contributed by atoms with Gasteiger partial charge in [0.2, 0.25) is 0 Å². The van der Waals surface area contributed by atoms with Crippen LogP contribution in [0, 0.1) is 0 Å². The van der Waals surface area contributed by atoms with Gasteiger partial charge < -0.3 is 5.32 Å². The van der Waals surface area contributed by atoms with E-state index in [9.17, 15) is 0 Å². The maximum atomic E-state index is 3.65. The first-order valence-electron chi connectivity index (χ1n) is 6.41. The molecule has 0 bridgehead atoms. The molecule has 0 aliphatic rings. The summed E-state index contributed by atoms with van der Waals surface area (Å²) in [5.41, 5.74) is 3.15. The van der Waals surface area contributed by atoms with Crippen molar-refractivity contribution in [3.05, 3.63) is 35.4 Å². The third-order valence-electron chi connectivity index (χ3n) is 3.13. The number of hydrogen-bond acceptors (Lipinski definition) is 1. The lowest BCUT2D eigenvalue weighted by Gasteiger charge is -2.26. The van der Waals surface area contributed by atoms with Gasteiger partial charge in [-0.15, -0.1) is 0 Å². The van der Waals surface area contributed by atoms with Crippen molar-refractivity contribution >= 4 is 0 Å². The second-order valence-electron chi connectivity index (χ2n) is 5.11. The summed E-state index contributed by atoms with van der Waals surface area (Å²) in [6, 6.07) is 8.71. The monoisotopic (exact) mass is 219 g/mol. The molecule has 0 amide bonds. The van der Waals surface area contributed by atoms with Crippen LogP contribution in [0.1, 0.15) is 51.7 Å². The average molecular weight is 219 g/mol. The molecule has 0 aromatic heterocycles. The molecule has 0 atom stereocenters. The Morgan fingerprint density at radius 1 is 1.06 bits per heavy atom. The zero-order valence-electron chi connectivity index (χ0n) is 11.1. The van der Waals surface area contributed by atoms with E-state index in [1.165, 1.54) is 24.0 Å². The number of rotatable bonds is 6. The molecule has 1 aromatic rings. The van der Waals surface area contributed by atoms with Gasteiger partial charge in [-0.05, 0) is 37.8 Å². The number of aryl methyl sites for hydroxylation is 1. The molecule has 0 spiro atoms. The SMILES string of the molecule is CCCC(C)(C)NCc1ccccc1CC. The topological polar surface area (TPSA) is 12.0 Å². The van der Waals surface area contributed by atoms with Gasteiger partial charge in [-0.2, -0.15) is 0 Å². The van der Waals surface area contributed by atoms with Gasteiger partial charge in [0.05, 0.1) is 0 Å². The summed E-state index contributed by atoms with van der Waals surface area (Å²) in [5.74, 6) is 0. The molecule has 1 N–H and O–H groups in total. The minimum Gasteiger partial charge on any atom is -0.308 e. The Labute approximate surface area is 100 Å². The van der Waals surface area contributed by atoms with E-state index < -0.39 is 0 Å². The summed E-state index contributed by atoms with van der Waals surface area (Å²) in [6.07, 6.45) is 3.57. The van der Waals surface area contributed by atoms with E-state index in [0.29, 0.717) is 0 Å². The second-order valence-corrected chi connectivity index (χ2v) is 5.11. The Hall–Kier alpha value is -0.820. The van der Waals surface area contributed by atoms with Crippen LogP contribution in [0.25, 0.3) is 0 Å². The molecular formula is C15H25N. The molecule has 0 saturated carbocycles. The molecule has 0 unspecified atom stereocenters. The number of nitrogens with one attached hydrogen (secondary N) is 1. The van der Waals surface area contributed by atoms with E-state index in [1.807, 2.05) is 0 Å². The van der Waals surface area contributed by atoms with E-state index in [0.717, 1.165) is 13.0 Å². The van der Waals surface area contributed by atoms with E-state index in [4.69, 9.17) is 0 Å². The van der Waals surface area contributed by atoms with Crippen LogP contribution in [0.2, 0.25) is 0 Å². The van der Waals surface area contributed by atoms with Gasteiger partial charge in [0, 0.05) is 12.1 Å². The predicted octanol–water partition coefficient (Wildman–Crippen LogP) is 3.92. The highest BCUT2D eigenvalue weighted by molar-refractivity contribution is 5.26. The van der Waals surface area contributed by atoms with Crippen LogP contribution < -0.4 is 5.32 Å². The van der Waals surface area contributed by atoms with Crippen molar-refractivity contribution in [2.75, 3.05) is 0 Å². The quantitative estimate of drug-likeness (QED) is 0.764. The predicted molar refractivity (Wildman–Crippen MR) is 71.6 cm³/mol. The Balaban J connectivity index is 2.60. The lowest BCUT2D eigenvalue weighted by molar-refractivity contribution is 0.356. The number of benzene rings is 1. The van der Waals surface area contributed by atoms with Gasteiger partial charge in [0.15, 0.2) is 0 Å². The van der Waals surface area contributed by atoms with E-state index in [2.05, 4.69) is 57.3 Å². The van der Waals surface area contributed by atoms with Gasteiger partial charge in [0.25, 0.3) is 0 Å². The van der Waals surface area contributed by atoms with Crippen molar-refractivity contribution in [1.82, 2.24) is 5.32 Å². The van der Waals surface area contributed by atoms with Crippen LogP contribution in [0.15, 0.2) is 24.3 Å². The van der Waals surface area contributed by atoms with Crippen molar-refractivity contribution in [3.63, 3.8) is 0 Å². The molecule has 0 saturated heterocycles. The molecule has 0 fully saturated rings. The lowest BCUT2D eigenvalue weighted by atomic mass is 9.97. The van der Waals surface area contributed by atoms with Crippen LogP contribution in [-0.4, -0.2) is 5.54 Å². The Morgan fingerprint density at radius 3 is 2.25 bits per heavy atom. The molecule has 16 heavy (non-hydrogen) atoms. The Bertz CT molecular complexity index is 315. The molecule has 0 heterocycles. The van der Waals surface area contributed by atoms with E-state index in [1.54, 1.807) is 0 Å². The van der Waals surface area contributed by atoms with Crippen molar-refractivity contribution in [2.24, 2.45) is 0 Å². The maximum absolute atomic E-state index is 3.65. The van der Waals surface area contributed by atoms with Crippen LogP contribution in [0.4, 0.5) is 0 Å². The maximum Gasteiger partial charge on any atom is 0.0213 e. The zero-order chi connectivity index (χ0) is 12.0. The second kappa shape index (κ2) is 6.05. The largest absolute Gasteiger partial charge is 0.308 e. The molecule has 0 radical (unpaired) electrons. The summed E-state index contributed by atoms with van der Waals surface area (Å²) in [5, 5.41) is 3.65. The Kier molecular flexibility index (Phi) is 5.01. The lowest BCUT2D eigenvalue weighted by Crippen LogP contribution is -2.38. The molecule has 0 aliphatic heterocycles. The first kappa shape index (κ1) is 13.2. The summed E-state index contributed by atoms with van der Waals surface area (Å²) >= 11 is 0. The van der Waals surface area contributed by atoms with Crippen molar-refractivity contribution in [1.29, 1.82) is 0 Å². The van der Waals surface area contributed by atoms with Gasteiger partial charge in [-0.3, -0.25) is 0 Å². The van der Waals surface area contributed by atoms with Crippen LogP contribution in [-0.2, 0) is 13.0 Å². The molecule has 1 aromatic carbocycles. The minimum absolute atomic E-state index is 0.246. The summed E-state index contributed by atoms with van der Waals surface area (Å²) < 4.78 is 0. The molecule has 1 heteroatoms. The highest BCUT2D eigenvalue weighted by Crippen LogP contribution is 2.14. The molecule has 90 valence electrons. The fourth-order valence-corrected chi connectivity index (χ4v) is 2.12. The first-order valence-corrected chi connectivity index (χ1v) is 6.41. The molecule has 0 aliphatic carbocycles. The standard InChI is InChI=1S/C15H25N/c1-5-11-15(3,4)16-12-14-10-8-7-9-13(14)6-2/h7-10,16H,5-6,11-12H2,1-4H3.